The predicted octanol–water partition coefficient (Wildman–Crippen LogP) is 3.04. The fourth-order valence-electron chi connectivity index (χ4n) is 2.67. The molecule has 0 bridgehead atoms. The van der Waals surface area contributed by atoms with E-state index in [1.165, 1.54) is 23.9 Å². The number of hydrogen-bond acceptors (Lipinski definition) is 6. The van der Waals surface area contributed by atoms with Crippen LogP contribution in [-0.2, 0) is 19.4 Å². The molecule has 0 radical (unpaired) electrons. The second-order valence-electron chi connectivity index (χ2n) is 6.67. The molecule has 9 heteroatoms. The third-order valence-corrected chi connectivity index (χ3v) is 7.45. The number of benzene rings is 2. The van der Waals surface area contributed by atoms with E-state index in [9.17, 15) is 18.0 Å². The monoisotopic (exact) mass is 429 g/mol. The molecular weight excluding hydrogens is 410 g/mol. The van der Waals surface area contributed by atoms with Gasteiger partial charge in [-0.1, -0.05) is 6.92 Å². The average Bonchev–Trinajstić information content (AvgIpc) is 2.85. The molecule has 29 heavy (non-hydrogen) atoms. The quantitative estimate of drug-likeness (QED) is 0.755. The summed E-state index contributed by atoms with van der Waals surface area (Å²) in [6.07, 6.45) is -0.211. The van der Waals surface area contributed by atoms with Crippen LogP contribution in [0.1, 0.15) is 18.9 Å². The minimum absolute atomic E-state index is 0.0675. The number of amides is 2. The van der Waals surface area contributed by atoms with E-state index in [4.69, 9.17) is 5.26 Å². The van der Waals surface area contributed by atoms with E-state index in [0.29, 0.717) is 22.7 Å². The number of hydrogen-bond donors (Lipinski definition) is 2. The van der Waals surface area contributed by atoms with E-state index in [0.717, 1.165) is 4.90 Å². The highest BCUT2D eigenvalue weighted by molar-refractivity contribution is 7.99. The molecule has 1 unspecified atom stereocenters. The Morgan fingerprint density at radius 3 is 2.69 bits per heavy atom. The summed E-state index contributed by atoms with van der Waals surface area (Å²) in [6, 6.07) is 12.9. The summed E-state index contributed by atoms with van der Waals surface area (Å²) in [4.78, 5) is 25.0. The normalized spacial score (nSPS) is 16.1. The van der Waals surface area contributed by atoms with E-state index in [-0.39, 0.29) is 28.9 Å². The Bertz CT molecular complexity index is 1090. The number of nitrogens with zero attached hydrogens (tertiary/aromatic N) is 1. The van der Waals surface area contributed by atoms with Crippen LogP contribution in [0.25, 0.3) is 0 Å². The largest absolute Gasteiger partial charge is 0.326 e. The van der Waals surface area contributed by atoms with Crippen LogP contribution in [0.4, 0.5) is 11.4 Å². The predicted molar refractivity (Wildman–Crippen MR) is 111 cm³/mol. The number of carbonyl (C=O) groups excluding carboxylic acids is 2. The van der Waals surface area contributed by atoms with Crippen LogP contribution in [0.2, 0.25) is 0 Å². The Morgan fingerprint density at radius 1 is 1.28 bits per heavy atom. The summed E-state index contributed by atoms with van der Waals surface area (Å²) in [5, 5.41) is 14.2. The van der Waals surface area contributed by atoms with E-state index >= 15 is 0 Å². The van der Waals surface area contributed by atoms with Gasteiger partial charge in [0.25, 0.3) is 0 Å². The van der Waals surface area contributed by atoms with E-state index in [1.54, 1.807) is 30.3 Å². The van der Waals surface area contributed by atoms with Gasteiger partial charge in [-0.25, -0.2) is 8.42 Å². The number of nitrogens with one attached hydrogen (secondary N) is 2. The number of thioether (sulfide) groups is 1. The van der Waals surface area contributed by atoms with Crippen LogP contribution in [0.15, 0.2) is 52.3 Å². The van der Waals surface area contributed by atoms with Crippen LogP contribution in [-0.4, -0.2) is 31.7 Å². The Labute approximate surface area is 173 Å². The molecule has 0 fully saturated rings. The first kappa shape index (κ1) is 20.9. The molecule has 0 spiro atoms. The summed E-state index contributed by atoms with van der Waals surface area (Å²) >= 11 is 1.50. The van der Waals surface area contributed by atoms with Crippen LogP contribution in [0.3, 0.4) is 0 Å². The molecule has 2 N–H and O–H groups in total. The van der Waals surface area contributed by atoms with Crippen LogP contribution in [0, 0.1) is 17.2 Å². The SMILES string of the molecule is CC1CSc2ccc(S(=O)(=O)CCC(=O)Nc3ccc(C#N)cc3)cc2NC1=O. The molecule has 0 saturated heterocycles. The van der Waals surface area contributed by atoms with Crippen molar-refractivity contribution in [3.8, 4) is 6.07 Å². The Hall–Kier alpha value is -2.83. The average molecular weight is 430 g/mol. The molecule has 1 aliphatic heterocycles. The van der Waals surface area contributed by atoms with Gasteiger partial charge >= 0.3 is 0 Å². The number of rotatable bonds is 5. The molecule has 7 nitrogen and oxygen atoms in total. The van der Waals surface area contributed by atoms with Crippen LogP contribution in [0.5, 0.6) is 0 Å². The van der Waals surface area contributed by atoms with Crippen molar-refractivity contribution in [2.75, 3.05) is 22.1 Å². The zero-order valence-electron chi connectivity index (χ0n) is 15.6. The molecule has 1 aliphatic rings. The zero-order chi connectivity index (χ0) is 21.0. The molecule has 0 aliphatic carbocycles. The van der Waals surface area contributed by atoms with Gasteiger partial charge in [0.05, 0.1) is 28.0 Å². The highest BCUT2D eigenvalue weighted by atomic mass is 32.2. The third kappa shape index (κ3) is 5.16. The van der Waals surface area contributed by atoms with Gasteiger partial charge in [0, 0.05) is 28.7 Å². The van der Waals surface area contributed by atoms with Crippen molar-refractivity contribution >= 4 is 44.8 Å². The fraction of sp³-hybridized carbons (Fsp3) is 0.250. The molecule has 0 saturated carbocycles. The lowest BCUT2D eigenvalue weighted by molar-refractivity contribution is -0.118. The maximum absolute atomic E-state index is 12.7. The number of nitriles is 1. The molecule has 2 amide bonds. The molecule has 0 aromatic heterocycles. The molecule has 2 aromatic rings. The summed E-state index contributed by atoms with van der Waals surface area (Å²) in [5.41, 5.74) is 1.44. The Morgan fingerprint density at radius 2 is 2.00 bits per heavy atom. The van der Waals surface area contributed by atoms with Crippen molar-refractivity contribution in [1.29, 1.82) is 5.26 Å². The molecule has 2 aromatic carbocycles. The summed E-state index contributed by atoms with van der Waals surface area (Å²) in [7, 11) is -3.70. The van der Waals surface area contributed by atoms with E-state index in [2.05, 4.69) is 10.6 Å². The lowest BCUT2D eigenvalue weighted by Crippen LogP contribution is -2.20. The van der Waals surface area contributed by atoms with Crippen LogP contribution < -0.4 is 10.6 Å². The number of anilines is 2. The van der Waals surface area contributed by atoms with Crippen molar-refractivity contribution < 1.29 is 18.0 Å². The second kappa shape index (κ2) is 8.68. The molecule has 3 rings (SSSR count). The zero-order valence-corrected chi connectivity index (χ0v) is 17.3. The molecule has 150 valence electrons. The minimum atomic E-state index is -3.70. The summed E-state index contributed by atoms with van der Waals surface area (Å²) in [6.45, 7) is 1.82. The highest BCUT2D eigenvalue weighted by Crippen LogP contribution is 2.34. The van der Waals surface area contributed by atoms with Crippen molar-refractivity contribution in [2.24, 2.45) is 5.92 Å². The molecule has 1 atom stereocenters. The van der Waals surface area contributed by atoms with Gasteiger partial charge < -0.3 is 10.6 Å². The van der Waals surface area contributed by atoms with Crippen LogP contribution >= 0.6 is 11.8 Å². The Balaban J connectivity index is 1.66. The van der Waals surface area contributed by atoms with Crippen molar-refractivity contribution in [3.63, 3.8) is 0 Å². The first-order valence-corrected chi connectivity index (χ1v) is 11.5. The number of carbonyl (C=O) groups is 2. The van der Waals surface area contributed by atoms with Gasteiger partial charge in [-0.05, 0) is 42.5 Å². The summed E-state index contributed by atoms with van der Waals surface area (Å²) < 4.78 is 25.3. The van der Waals surface area contributed by atoms with Crippen molar-refractivity contribution in [1.82, 2.24) is 0 Å². The molecule has 1 heterocycles. The number of sulfone groups is 1. The second-order valence-corrected chi connectivity index (χ2v) is 9.84. The van der Waals surface area contributed by atoms with Gasteiger partial charge in [-0.2, -0.15) is 5.26 Å². The molecular formula is C20H19N3O4S2. The van der Waals surface area contributed by atoms with E-state index in [1.807, 2.05) is 13.0 Å². The van der Waals surface area contributed by atoms with Crippen molar-refractivity contribution in [2.45, 2.75) is 23.1 Å². The van der Waals surface area contributed by atoms with Crippen molar-refractivity contribution in [3.05, 3.63) is 48.0 Å². The van der Waals surface area contributed by atoms with Gasteiger partial charge in [0.1, 0.15) is 0 Å². The highest BCUT2D eigenvalue weighted by Gasteiger charge is 2.23. The topological polar surface area (TPSA) is 116 Å². The maximum atomic E-state index is 12.7. The van der Waals surface area contributed by atoms with Gasteiger partial charge in [-0.15, -0.1) is 11.8 Å². The first-order valence-electron chi connectivity index (χ1n) is 8.89. The van der Waals surface area contributed by atoms with Gasteiger partial charge in [0.15, 0.2) is 9.84 Å². The smallest absolute Gasteiger partial charge is 0.228 e. The minimum Gasteiger partial charge on any atom is -0.326 e. The van der Waals surface area contributed by atoms with E-state index < -0.39 is 15.7 Å². The first-order chi connectivity index (χ1) is 13.8. The summed E-state index contributed by atoms with van der Waals surface area (Å²) in [5.74, 6) is -0.483. The fourth-order valence-corrected chi connectivity index (χ4v) is 4.94. The number of fused-ring (bicyclic) bond motifs is 1. The standard InChI is InChI=1S/C20H19N3O4S2/c1-13-12-28-18-7-6-16(10-17(18)23-20(13)25)29(26,27)9-8-19(24)22-15-4-2-14(11-21)3-5-15/h2-7,10,13H,8-9,12H2,1H3,(H,22,24)(H,23,25). The Kier molecular flexibility index (Phi) is 6.25. The maximum Gasteiger partial charge on any atom is 0.228 e. The van der Waals surface area contributed by atoms with Gasteiger partial charge in [0.2, 0.25) is 11.8 Å². The lowest BCUT2D eigenvalue weighted by atomic mass is 10.2. The van der Waals surface area contributed by atoms with Gasteiger partial charge in [-0.3, -0.25) is 9.59 Å². The third-order valence-electron chi connectivity index (χ3n) is 4.40. The lowest BCUT2D eigenvalue weighted by Gasteiger charge is -2.10.